The Morgan fingerprint density at radius 2 is 1.90 bits per heavy atom. The van der Waals surface area contributed by atoms with E-state index in [4.69, 9.17) is 10.3 Å². The molecule has 2 rings (SSSR count). The molecule has 1 aliphatic carbocycles. The molecular formula is C16H26NO3P. The van der Waals surface area contributed by atoms with Crippen LogP contribution in [0.3, 0.4) is 0 Å². The van der Waals surface area contributed by atoms with Gasteiger partial charge in [0.05, 0.1) is 12.3 Å². The van der Waals surface area contributed by atoms with Crippen LogP contribution in [0.15, 0.2) is 30.3 Å². The zero-order valence-corrected chi connectivity index (χ0v) is 13.4. The molecule has 1 aromatic carbocycles. The molecule has 2 atom stereocenters. The van der Waals surface area contributed by atoms with Crippen LogP contribution in [-0.4, -0.2) is 30.1 Å². The molecule has 0 radical (unpaired) electrons. The first-order valence-corrected chi connectivity index (χ1v) is 9.82. The fraction of sp³-hybridized carbons (Fsp3) is 0.625. The number of aliphatic hydroxyl groups excluding tert-OH is 1. The average molecular weight is 311 g/mol. The summed E-state index contributed by atoms with van der Waals surface area (Å²) in [4.78, 5) is 0. The smallest absolute Gasteiger partial charge is 0.250 e. The zero-order chi connectivity index (χ0) is 15.1. The van der Waals surface area contributed by atoms with Crippen LogP contribution in [0.25, 0.3) is 0 Å². The third-order valence-corrected chi connectivity index (χ3v) is 6.63. The van der Waals surface area contributed by atoms with Gasteiger partial charge in [-0.15, -0.1) is 0 Å². The molecule has 1 aromatic rings. The number of hydrogen-bond acceptors (Lipinski definition) is 4. The molecule has 1 fully saturated rings. The summed E-state index contributed by atoms with van der Waals surface area (Å²) in [6, 6.07) is 9.23. The quantitative estimate of drug-likeness (QED) is 0.758. The van der Waals surface area contributed by atoms with Crippen LogP contribution in [0.2, 0.25) is 0 Å². The molecule has 0 amide bonds. The SMILES string of the molecule is NCC(O)CP(=O)(CC1CCCCC1)Oc1ccccc1. The highest BCUT2D eigenvalue weighted by Gasteiger charge is 2.32. The summed E-state index contributed by atoms with van der Waals surface area (Å²) in [5, 5.41) is 9.82. The van der Waals surface area contributed by atoms with E-state index >= 15 is 0 Å². The van der Waals surface area contributed by atoms with E-state index in [9.17, 15) is 9.67 Å². The van der Waals surface area contributed by atoms with Crippen molar-refractivity contribution in [2.75, 3.05) is 18.9 Å². The molecule has 1 aliphatic rings. The number of para-hydroxylation sites is 1. The Bertz CT molecular complexity index is 460. The van der Waals surface area contributed by atoms with Gasteiger partial charge in [0.15, 0.2) is 0 Å². The normalized spacial score (nSPS) is 20.7. The van der Waals surface area contributed by atoms with Crippen LogP contribution in [0.4, 0.5) is 0 Å². The van der Waals surface area contributed by atoms with Gasteiger partial charge in [0.2, 0.25) is 0 Å². The Kier molecular flexibility index (Phi) is 6.28. The van der Waals surface area contributed by atoms with Crippen LogP contribution < -0.4 is 10.3 Å². The minimum atomic E-state index is -2.91. The van der Waals surface area contributed by atoms with Crippen LogP contribution in [0, 0.1) is 5.92 Å². The number of nitrogens with two attached hydrogens (primary N) is 1. The van der Waals surface area contributed by atoms with Crippen molar-refractivity contribution in [3.63, 3.8) is 0 Å². The highest BCUT2D eigenvalue weighted by atomic mass is 31.2. The van der Waals surface area contributed by atoms with Gasteiger partial charge in [-0.05, 0) is 30.9 Å². The van der Waals surface area contributed by atoms with E-state index in [2.05, 4.69) is 0 Å². The van der Waals surface area contributed by atoms with Crippen molar-refractivity contribution in [2.45, 2.75) is 38.2 Å². The standard InChI is InChI=1S/C16H26NO3P/c17-11-15(18)13-21(19,12-14-7-3-1-4-8-14)20-16-9-5-2-6-10-16/h2,5-6,9-10,14-15,18H,1,3-4,7-8,11-13,17H2. The minimum Gasteiger partial charge on any atom is -0.443 e. The summed E-state index contributed by atoms with van der Waals surface area (Å²) in [5.41, 5.74) is 5.48. The van der Waals surface area contributed by atoms with Crippen molar-refractivity contribution in [1.29, 1.82) is 0 Å². The molecule has 118 valence electrons. The first kappa shape index (κ1) is 16.5. The highest BCUT2D eigenvalue weighted by Crippen LogP contribution is 2.51. The second kappa shape index (κ2) is 7.98. The monoisotopic (exact) mass is 311 g/mol. The maximum atomic E-state index is 13.2. The summed E-state index contributed by atoms with van der Waals surface area (Å²) in [7, 11) is -2.91. The first-order valence-electron chi connectivity index (χ1n) is 7.82. The average Bonchev–Trinajstić information content (AvgIpc) is 2.48. The lowest BCUT2D eigenvalue weighted by Gasteiger charge is -2.28. The summed E-state index contributed by atoms with van der Waals surface area (Å²) in [6.45, 7) is 0.118. The zero-order valence-electron chi connectivity index (χ0n) is 12.5. The fourth-order valence-electron chi connectivity index (χ4n) is 2.98. The summed E-state index contributed by atoms with van der Waals surface area (Å²) >= 11 is 0. The second-order valence-corrected chi connectivity index (χ2v) is 8.52. The van der Waals surface area contributed by atoms with Gasteiger partial charge in [-0.3, -0.25) is 4.57 Å². The Morgan fingerprint density at radius 1 is 1.24 bits per heavy atom. The van der Waals surface area contributed by atoms with E-state index in [1.54, 1.807) is 0 Å². The Balaban J connectivity index is 2.07. The minimum absolute atomic E-state index is 0.118. The largest absolute Gasteiger partial charge is 0.443 e. The van der Waals surface area contributed by atoms with Crippen molar-refractivity contribution in [3.8, 4) is 5.75 Å². The number of aliphatic hydroxyl groups is 1. The summed E-state index contributed by atoms with van der Waals surface area (Å²) in [6.07, 6.45) is 5.84. The Hall–Kier alpha value is -0.830. The molecule has 0 aromatic heterocycles. The predicted molar refractivity (Wildman–Crippen MR) is 86.0 cm³/mol. The maximum absolute atomic E-state index is 13.2. The van der Waals surface area contributed by atoms with Crippen LogP contribution in [-0.2, 0) is 4.57 Å². The van der Waals surface area contributed by atoms with E-state index in [-0.39, 0.29) is 12.7 Å². The number of rotatable bonds is 7. The lowest BCUT2D eigenvalue weighted by Crippen LogP contribution is -2.27. The Labute approximate surface area is 127 Å². The topological polar surface area (TPSA) is 72.5 Å². The van der Waals surface area contributed by atoms with Gasteiger partial charge in [-0.1, -0.05) is 37.5 Å². The lowest BCUT2D eigenvalue weighted by molar-refractivity contribution is 0.202. The molecule has 2 unspecified atom stereocenters. The van der Waals surface area contributed by atoms with Crippen molar-refractivity contribution in [3.05, 3.63) is 30.3 Å². The van der Waals surface area contributed by atoms with Gasteiger partial charge in [-0.25, -0.2) is 0 Å². The fourth-order valence-corrected chi connectivity index (χ4v) is 5.73. The molecule has 0 saturated heterocycles. The van der Waals surface area contributed by atoms with Gasteiger partial charge in [0.25, 0.3) is 7.37 Å². The molecular weight excluding hydrogens is 285 g/mol. The van der Waals surface area contributed by atoms with E-state index < -0.39 is 13.5 Å². The number of hydrogen-bond donors (Lipinski definition) is 2. The molecule has 21 heavy (non-hydrogen) atoms. The predicted octanol–water partition coefficient (Wildman–Crippen LogP) is 3.24. The van der Waals surface area contributed by atoms with Crippen LogP contribution in [0.1, 0.15) is 32.1 Å². The summed E-state index contributed by atoms with van der Waals surface area (Å²) < 4.78 is 19.0. The van der Waals surface area contributed by atoms with Gasteiger partial charge in [0, 0.05) is 12.7 Å². The molecule has 0 bridgehead atoms. The van der Waals surface area contributed by atoms with E-state index in [0.29, 0.717) is 17.8 Å². The van der Waals surface area contributed by atoms with Crippen LogP contribution >= 0.6 is 7.37 Å². The molecule has 3 N–H and O–H groups in total. The molecule has 0 aliphatic heterocycles. The highest BCUT2D eigenvalue weighted by molar-refractivity contribution is 7.59. The van der Waals surface area contributed by atoms with Gasteiger partial charge in [-0.2, -0.15) is 0 Å². The van der Waals surface area contributed by atoms with Crippen molar-refractivity contribution < 1.29 is 14.2 Å². The molecule has 5 heteroatoms. The summed E-state index contributed by atoms with van der Waals surface area (Å²) in [5.74, 6) is 1.05. The van der Waals surface area contributed by atoms with Gasteiger partial charge >= 0.3 is 0 Å². The molecule has 4 nitrogen and oxygen atoms in total. The van der Waals surface area contributed by atoms with E-state index in [1.807, 2.05) is 30.3 Å². The third kappa shape index (κ3) is 5.46. The second-order valence-electron chi connectivity index (χ2n) is 5.98. The van der Waals surface area contributed by atoms with Crippen molar-refractivity contribution in [2.24, 2.45) is 11.7 Å². The van der Waals surface area contributed by atoms with Crippen molar-refractivity contribution >= 4 is 7.37 Å². The van der Waals surface area contributed by atoms with Gasteiger partial charge in [0.1, 0.15) is 5.75 Å². The maximum Gasteiger partial charge on any atom is 0.250 e. The Morgan fingerprint density at radius 3 is 2.52 bits per heavy atom. The molecule has 0 heterocycles. The first-order chi connectivity index (χ1) is 10.1. The molecule has 1 saturated carbocycles. The van der Waals surface area contributed by atoms with Crippen LogP contribution in [0.5, 0.6) is 5.75 Å². The number of benzene rings is 1. The molecule has 0 spiro atoms. The van der Waals surface area contributed by atoms with Gasteiger partial charge < -0.3 is 15.4 Å². The lowest BCUT2D eigenvalue weighted by atomic mass is 9.91. The van der Waals surface area contributed by atoms with E-state index in [1.165, 1.54) is 19.3 Å². The van der Waals surface area contributed by atoms with E-state index in [0.717, 1.165) is 12.8 Å². The third-order valence-electron chi connectivity index (χ3n) is 4.04. The van der Waals surface area contributed by atoms with Crippen molar-refractivity contribution in [1.82, 2.24) is 0 Å².